The van der Waals surface area contributed by atoms with Gasteiger partial charge in [0.25, 0.3) is 5.91 Å². The number of hydrogen-bond donors (Lipinski definition) is 2. The summed E-state index contributed by atoms with van der Waals surface area (Å²) in [7, 11) is 0. The molecule has 4 aromatic rings. The zero-order chi connectivity index (χ0) is 24.5. The molecule has 0 unspecified atom stereocenters. The van der Waals surface area contributed by atoms with Crippen molar-refractivity contribution in [2.45, 2.75) is 18.1 Å². The standard InChI is InChI=1S/C27H25FN4O2S/c28-23-11-9-21(10-12-23)18-31-26(34)22-7-4-8-24(17-22)32-16-15-30-27(32)35-19-25(33)29-14-13-20-5-2-1-3-6-20/h1-12,15-17H,13-14,18-19H2,(H,29,33)(H,31,34). The Balaban J connectivity index is 1.31. The average Bonchev–Trinajstić information content (AvgIpc) is 3.36. The lowest BCUT2D eigenvalue weighted by Gasteiger charge is -2.10. The Kier molecular flexibility index (Phi) is 8.30. The van der Waals surface area contributed by atoms with Crippen LogP contribution in [0.3, 0.4) is 0 Å². The molecule has 2 N–H and O–H groups in total. The van der Waals surface area contributed by atoms with E-state index in [2.05, 4.69) is 15.6 Å². The van der Waals surface area contributed by atoms with Gasteiger partial charge in [-0.15, -0.1) is 0 Å². The summed E-state index contributed by atoms with van der Waals surface area (Å²) in [5, 5.41) is 6.45. The van der Waals surface area contributed by atoms with Crippen LogP contribution >= 0.6 is 11.8 Å². The Morgan fingerprint density at radius 1 is 0.914 bits per heavy atom. The molecule has 0 saturated carbocycles. The number of nitrogens with one attached hydrogen (secondary N) is 2. The van der Waals surface area contributed by atoms with Crippen LogP contribution in [0.15, 0.2) is 96.4 Å². The summed E-state index contributed by atoms with van der Waals surface area (Å²) in [6.45, 7) is 0.877. The second-order valence-electron chi connectivity index (χ2n) is 7.81. The third-order valence-corrected chi connectivity index (χ3v) is 6.24. The van der Waals surface area contributed by atoms with Crippen LogP contribution in [0.2, 0.25) is 0 Å². The van der Waals surface area contributed by atoms with E-state index in [0.717, 1.165) is 17.7 Å². The van der Waals surface area contributed by atoms with Crippen LogP contribution in [0.1, 0.15) is 21.5 Å². The molecule has 0 aliphatic carbocycles. The van der Waals surface area contributed by atoms with Crippen LogP contribution in [-0.4, -0.2) is 33.7 Å². The van der Waals surface area contributed by atoms with Crippen molar-refractivity contribution in [3.05, 3.63) is 114 Å². The number of carbonyl (C=O) groups is 2. The van der Waals surface area contributed by atoms with Crippen molar-refractivity contribution in [3.63, 3.8) is 0 Å². The van der Waals surface area contributed by atoms with Gasteiger partial charge >= 0.3 is 0 Å². The number of aromatic nitrogens is 2. The fourth-order valence-electron chi connectivity index (χ4n) is 3.45. The smallest absolute Gasteiger partial charge is 0.251 e. The fraction of sp³-hybridized carbons (Fsp3) is 0.148. The minimum atomic E-state index is -0.313. The van der Waals surface area contributed by atoms with Gasteiger partial charge in [0.1, 0.15) is 5.82 Å². The van der Waals surface area contributed by atoms with Gasteiger partial charge in [-0.2, -0.15) is 0 Å². The van der Waals surface area contributed by atoms with E-state index in [9.17, 15) is 14.0 Å². The van der Waals surface area contributed by atoms with Gasteiger partial charge in [-0.25, -0.2) is 9.37 Å². The number of thioether (sulfide) groups is 1. The first-order chi connectivity index (χ1) is 17.1. The Morgan fingerprint density at radius 2 is 1.71 bits per heavy atom. The Morgan fingerprint density at radius 3 is 2.51 bits per heavy atom. The molecular formula is C27H25FN4O2S. The van der Waals surface area contributed by atoms with Gasteiger partial charge in [0, 0.05) is 36.7 Å². The van der Waals surface area contributed by atoms with Crippen LogP contribution in [-0.2, 0) is 17.8 Å². The quantitative estimate of drug-likeness (QED) is 0.325. The Labute approximate surface area is 207 Å². The van der Waals surface area contributed by atoms with Crippen LogP contribution in [0, 0.1) is 5.82 Å². The highest BCUT2D eigenvalue weighted by Gasteiger charge is 2.12. The number of benzene rings is 3. The highest BCUT2D eigenvalue weighted by atomic mass is 32.2. The summed E-state index contributed by atoms with van der Waals surface area (Å²) in [5.74, 6) is -0.368. The molecule has 3 aromatic carbocycles. The normalized spacial score (nSPS) is 10.7. The van der Waals surface area contributed by atoms with E-state index in [0.29, 0.717) is 23.8 Å². The number of rotatable bonds is 10. The van der Waals surface area contributed by atoms with Crippen molar-refractivity contribution in [2.75, 3.05) is 12.3 Å². The van der Waals surface area contributed by atoms with E-state index in [1.165, 1.54) is 29.5 Å². The van der Waals surface area contributed by atoms with Crippen LogP contribution in [0.25, 0.3) is 5.69 Å². The van der Waals surface area contributed by atoms with E-state index in [1.807, 2.05) is 41.0 Å². The van der Waals surface area contributed by atoms with Crippen molar-refractivity contribution in [1.29, 1.82) is 0 Å². The van der Waals surface area contributed by atoms with Crippen molar-refractivity contribution in [3.8, 4) is 5.69 Å². The van der Waals surface area contributed by atoms with Gasteiger partial charge < -0.3 is 10.6 Å². The summed E-state index contributed by atoms with van der Waals surface area (Å²) in [5.41, 5.74) is 3.25. The van der Waals surface area contributed by atoms with Gasteiger partial charge in [0.15, 0.2) is 5.16 Å². The minimum Gasteiger partial charge on any atom is -0.355 e. The minimum absolute atomic E-state index is 0.0607. The zero-order valence-corrected chi connectivity index (χ0v) is 19.8. The molecule has 0 fully saturated rings. The molecule has 2 amide bonds. The molecule has 0 aliphatic heterocycles. The van der Waals surface area contributed by atoms with Crippen LogP contribution in [0.5, 0.6) is 0 Å². The number of halogens is 1. The monoisotopic (exact) mass is 488 g/mol. The molecule has 0 bridgehead atoms. The summed E-state index contributed by atoms with van der Waals surface area (Å²) in [4.78, 5) is 29.3. The molecule has 1 aromatic heterocycles. The number of carbonyl (C=O) groups excluding carboxylic acids is 2. The first-order valence-electron chi connectivity index (χ1n) is 11.2. The average molecular weight is 489 g/mol. The van der Waals surface area contributed by atoms with Gasteiger partial charge in [0.05, 0.1) is 5.75 Å². The molecule has 0 radical (unpaired) electrons. The van der Waals surface area contributed by atoms with Gasteiger partial charge in [-0.1, -0.05) is 60.3 Å². The lowest BCUT2D eigenvalue weighted by Crippen LogP contribution is -2.27. The third-order valence-electron chi connectivity index (χ3n) is 5.27. The molecule has 0 saturated heterocycles. The molecule has 1 heterocycles. The lowest BCUT2D eigenvalue weighted by atomic mass is 10.1. The summed E-state index contributed by atoms with van der Waals surface area (Å²) < 4.78 is 14.9. The molecule has 6 nitrogen and oxygen atoms in total. The predicted octanol–water partition coefficient (Wildman–Crippen LogP) is 4.39. The predicted molar refractivity (Wildman–Crippen MR) is 135 cm³/mol. The van der Waals surface area contributed by atoms with Crippen molar-refractivity contribution in [1.82, 2.24) is 20.2 Å². The number of imidazole rings is 1. The second-order valence-corrected chi connectivity index (χ2v) is 8.76. The van der Waals surface area contributed by atoms with E-state index in [4.69, 9.17) is 0 Å². The summed E-state index contributed by atoms with van der Waals surface area (Å²) >= 11 is 1.33. The number of amides is 2. The molecule has 0 aliphatic rings. The molecule has 0 atom stereocenters. The van der Waals surface area contributed by atoms with Gasteiger partial charge in [-0.05, 0) is 47.9 Å². The van der Waals surface area contributed by atoms with E-state index in [1.54, 1.807) is 42.7 Å². The number of nitrogens with zero attached hydrogens (tertiary/aromatic N) is 2. The molecule has 178 valence electrons. The van der Waals surface area contributed by atoms with Crippen molar-refractivity contribution < 1.29 is 14.0 Å². The Hall–Kier alpha value is -3.91. The maximum atomic E-state index is 13.1. The molecule has 4 rings (SSSR count). The second kappa shape index (κ2) is 12.0. The van der Waals surface area contributed by atoms with Gasteiger partial charge in [-0.3, -0.25) is 14.2 Å². The highest BCUT2D eigenvalue weighted by Crippen LogP contribution is 2.21. The lowest BCUT2D eigenvalue weighted by molar-refractivity contribution is -0.118. The molecule has 0 spiro atoms. The molecule has 35 heavy (non-hydrogen) atoms. The summed E-state index contributed by atoms with van der Waals surface area (Å²) in [6.07, 6.45) is 4.24. The van der Waals surface area contributed by atoms with Crippen LogP contribution < -0.4 is 10.6 Å². The van der Waals surface area contributed by atoms with E-state index >= 15 is 0 Å². The highest BCUT2D eigenvalue weighted by molar-refractivity contribution is 7.99. The first kappa shape index (κ1) is 24.2. The SMILES string of the molecule is O=C(CSc1nccn1-c1cccc(C(=O)NCc2ccc(F)cc2)c1)NCCc1ccccc1. The first-order valence-corrected chi connectivity index (χ1v) is 12.2. The fourth-order valence-corrected chi connectivity index (χ4v) is 4.25. The van der Waals surface area contributed by atoms with Crippen molar-refractivity contribution in [2.24, 2.45) is 0 Å². The maximum Gasteiger partial charge on any atom is 0.251 e. The third kappa shape index (κ3) is 7.04. The van der Waals surface area contributed by atoms with E-state index in [-0.39, 0.29) is 23.4 Å². The van der Waals surface area contributed by atoms with Crippen LogP contribution in [0.4, 0.5) is 4.39 Å². The zero-order valence-electron chi connectivity index (χ0n) is 19.0. The largest absolute Gasteiger partial charge is 0.355 e. The molecular weight excluding hydrogens is 463 g/mol. The maximum absolute atomic E-state index is 13.1. The number of hydrogen-bond acceptors (Lipinski definition) is 4. The van der Waals surface area contributed by atoms with Gasteiger partial charge in [0.2, 0.25) is 5.91 Å². The van der Waals surface area contributed by atoms with Crippen molar-refractivity contribution >= 4 is 23.6 Å². The Bertz CT molecular complexity index is 1280. The van der Waals surface area contributed by atoms with E-state index < -0.39 is 0 Å². The summed E-state index contributed by atoms with van der Waals surface area (Å²) in [6, 6.07) is 23.2. The molecule has 8 heteroatoms. The topological polar surface area (TPSA) is 76.0 Å².